The van der Waals surface area contributed by atoms with Crippen molar-refractivity contribution >= 4 is 34.1 Å². The van der Waals surface area contributed by atoms with Crippen molar-refractivity contribution in [2.24, 2.45) is 0 Å². The molecule has 0 heterocycles. The Balaban J connectivity index is 2.01. The summed E-state index contributed by atoms with van der Waals surface area (Å²) in [7, 11) is 0. The van der Waals surface area contributed by atoms with Crippen LogP contribution in [-0.2, 0) is 0 Å². The second-order valence-corrected chi connectivity index (χ2v) is 16.3. The van der Waals surface area contributed by atoms with E-state index in [0.29, 0.717) is 0 Å². The number of aryl methyl sites for hydroxylation is 6. The van der Waals surface area contributed by atoms with Gasteiger partial charge in [0.05, 0.1) is 34.1 Å². The van der Waals surface area contributed by atoms with E-state index >= 15 is 0 Å². The molecule has 0 unspecified atom stereocenters. The molecule has 2 nitrogen and oxygen atoms in total. The van der Waals surface area contributed by atoms with Crippen LogP contribution in [0.5, 0.6) is 0 Å². The summed E-state index contributed by atoms with van der Waals surface area (Å²) in [6.45, 7) is 46.1. The van der Waals surface area contributed by atoms with Crippen molar-refractivity contribution in [2.45, 2.75) is 138 Å². The molecular formula is C50H64N2. The van der Waals surface area contributed by atoms with Crippen molar-refractivity contribution in [3.05, 3.63) is 136 Å². The van der Waals surface area contributed by atoms with Crippen molar-refractivity contribution in [2.75, 3.05) is 9.80 Å². The zero-order chi connectivity index (χ0) is 39.0. The van der Waals surface area contributed by atoms with Gasteiger partial charge in [-0.2, -0.15) is 0 Å². The molecular weight excluding hydrogens is 629 g/mol. The van der Waals surface area contributed by atoms with E-state index in [1.807, 2.05) is 0 Å². The van der Waals surface area contributed by atoms with Crippen LogP contribution in [0.25, 0.3) is 0 Å². The van der Waals surface area contributed by atoms with E-state index in [4.69, 9.17) is 0 Å². The van der Waals surface area contributed by atoms with E-state index in [-0.39, 0.29) is 0 Å². The molecule has 2 heteroatoms. The molecule has 0 fully saturated rings. The number of benzene rings is 5. The molecule has 0 aliphatic heterocycles. The topological polar surface area (TPSA) is 6.48 Å². The maximum Gasteiger partial charge on any atom is 0.0527 e. The van der Waals surface area contributed by atoms with E-state index in [2.05, 4.69) is 173 Å². The van der Waals surface area contributed by atoms with Crippen molar-refractivity contribution in [1.29, 1.82) is 0 Å². The lowest BCUT2D eigenvalue weighted by molar-refractivity contribution is 1.07. The lowest BCUT2D eigenvalue weighted by Crippen LogP contribution is -2.23. The number of hydrogen-bond donors (Lipinski definition) is 0. The Labute approximate surface area is 316 Å². The molecule has 0 aromatic heterocycles. The van der Waals surface area contributed by atoms with Crippen LogP contribution in [0.4, 0.5) is 34.1 Å². The third-order valence-electron chi connectivity index (χ3n) is 13.1. The van der Waals surface area contributed by atoms with Gasteiger partial charge in [0.1, 0.15) is 0 Å². The normalized spacial score (nSPS) is 11.5. The predicted molar refractivity (Wildman–Crippen MR) is 231 cm³/mol. The van der Waals surface area contributed by atoms with Gasteiger partial charge < -0.3 is 9.80 Å². The predicted octanol–water partition coefficient (Wildman–Crippen LogP) is 14.8. The fraction of sp³-hybridized carbons (Fsp3) is 0.400. The van der Waals surface area contributed by atoms with Crippen LogP contribution in [0.3, 0.4) is 0 Å². The molecule has 0 atom stereocenters. The van der Waals surface area contributed by atoms with Crippen molar-refractivity contribution in [3.8, 4) is 0 Å². The molecule has 0 N–H and O–H groups in total. The molecule has 0 aliphatic rings. The second-order valence-electron chi connectivity index (χ2n) is 16.3. The third-order valence-corrected chi connectivity index (χ3v) is 13.1. The summed E-state index contributed by atoms with van der Waals surface area (Å²) < 4.78 is 0. The number of anilines is 6. The molecule has 274 valence electrons. The van der Waals surface area contributed by atoms with E-state index < -0.39 is 0 Å². The van der Waals surface area contributed by atoms with Crippen molar-refractivity contribution < 1.29 is 0 Å². The molecule has 5 rings (SSSR count). The van der Waals surface area contributed by atoms with Crippen LogP contribution >= 0.6 is 0 Å². The summed E-state index contributed by atoms with van der Waals surface area (Å²) in [6.07, 6.45) is 0. The summed E-state index contributed by atoms with van der Waals surface area (Å²) >= 11 is 0. The number of nitrogens with zero attached hydrogens (tertiary/aromatic N) is 2. The average molecular weight is 693 g/mol. The van der Waals surface area contributed by atoms with E-state index in [0.717, 1.165) is 0 Å². The van der Waals surface area contributed by atoms with Crippen LogP contribution in [0, 0.1) is 138 Å². The molecule has 0 aliphatic carbocycles. The Bertz CT molecular complexity index is 2000. The first-order chi connectivity index (χ1) is 24.1. The van der Waals surface area contributed by atoms with E-state index in [1.54, 1.807) is 0 Å². The van der Waals surface area contributed by atoms with Gasteiger partial charge in [-0.05, 0) is 239 Å². The molecule has 0 saturated carbocycles. The van der Waals surface area contributed by atoms with Crippen LogP contribution < -0.4 is 9.80 Å². The van der Waals surface area contributed by atoms with Gasteiger partial charge >= 0.3 is 0 Å². The van der Waals surface area contributed by atoms with Crippen LogP contribution in [-0.4, -0.2) is 0 Å². The van der Waals surface area contributed by atoms with Gasteiger partial charge in [-0.15, -0.1) is 0 Å². The summed E-state index contributed by atoms with van der Waals surface area (Å²) in [5.41, 5.74) is 34.5. The zero-order valence-electron chi connectivity index (χ0n) is 36.2. The molecule has 0 radical (unpaired) electrons. The van der Waals surface area contributed by atoms with Gasteiger partial charge in [-0.25, -0.2) is 0 Å². The second kappa shape index (κ2) is 13.9. The molecule has 0 spiro atoms. The maximum atomic E-state index is 2.64. The number of hydrogen-bond acceptors (Lipinski definition) is 2. The lowest BCUT2D eigenvalue weighted by atomic mass is 9.87. The van der Waals surface area contributed by atoms with Crippen LogP contribution in [0.1, 0.15) is 111 Å². The summed E-state index contributed by atoms with van der Waals surface area (Å²) in [5, 5.41) is 0. The summed E-state index contributed by atoms with van der Waals surface area (Å²) in [6, 6.07) is 9.41. The fourth-order valence-corrected chi connectivity index (χ4v) is 9.30. The van der Waals surface area contributed by atoms with Crippen molar-refractivity contribution in [3.63, 3.8) is 0 Å². The Morgan fingerprint density at radius 3 is 0.558 bits per heavy atom. The van der Waals surface area contributed by atoms with Gasteiger partial charge in [0.2, 0.25) is 0 Å². The molecule has 52 heavy (non-hydrogen) atoms. The Morgan fingerprint density at radius 2 is 0.365 bits per heavy atom. The molecule has 0 amide bonds. The van der Waals surface area contributed by atoms with Gasteiger partial charge in [0.25, 0.3) is 0 Å². The first-order valence-electron chi connectivity index (χ1n) is 19.2. The first-order valence-corrected chi connectivity index (χ1v) is 19.2. The standard InChI is InChI=1S/C50H64N2/c1-25-21-27(3)45(28(4)22-25)51(47-37(13)33(9)31(7)34(10)38(47)14)49-41(17)43(19)50(44(20)42(49)18)52(46-29(5)23-26(2)24-30(46)6)48-39(15)35(11)32(8)36(12)40(48)16/h21-24H,1-20H3. The highest BCUT2D eigenvalue weighted by atomic mass is 15.2. The monoisotopic (exact) mass is 693 g/mol. The molecule has 5 aromatic carbocycles. The van der Waals surface area contributed by atoms with Crippen LogP contribution in [0.2, 0.25) is 0 Å². The molecule has 5 aromatic rings. The minimum atomic E-state index is 1.29. The third kappa shape index (κ3) is 5.97. The number of rotatable bonds is 6. The zero-order valence-corrected chi connectivity index (χ0v) is 36.2. The maximum absolute atomic E-state index is 2.64. The SMILES string of the molecule is Cc1cc(C)c(N(c2c(C)c(C)c(C)c(C)c2C)c2c(C)c(C)c(N(c3c(C)cc(C)cc3C)c3c(C)c(C)c(C)c(C)c3C)c(C)c2C)c(C)c1. The van der Waals surface area contributed by atoms with Gasteiger partial charge in [-0.1, -0.05) is 35.4 Å². The first kappa shape index (κ1) is 38.9. The average Bonchev–Trinajstić information content (AvgIpc) is 3.06. The summed E-state index contributed by atoms with van der Waals surface area (Å²) in [5.74, 6) is 0. The molecule has 0 saturated heterocycles. The van der Waals surface area contributed by atoms with Gasteiger partial charge in [0.15, 0.2) is 0 Å². The largest absolute Gasteiger partial charge is 0.309 e. The Kier molecular flexibility index (Phi) is 10.4. The fourth-order valence-electron chi connectivity index (χ4n) is 9.30. The Hall–Kier alpha value is -4.30. The van der Waals surface area contributed by atoms with E-state index in [9.17, 15) is 0 Å². The van der Waals surface area contributed by atoms with E-state index in [1.165, 1.54) is 145 Å². The Morgan fingerprint density at radius 1 is 0.212 bits per heavy atom. The minimum Gasteiger partial charge on any atom is -0.309 e. The van der Waals surface area contributed by atoms with Crippen LogP contribution in [0.15, 0.2) is 24.3 Å². The summed E-state index contributed by atoms with van der Waals surface area (Å²) in [4.78, 5) is 5.29. The van der Waals surface area contributed by atoms with Gasteiger partial charge in [-0.3, -0.25) is 0 Å². The lowest BCUT2D eigenvalue weighted by Gasteiger charge is -2.39. The highest BCUT2D eigenvalue weighted by Gasteiger charge is 2.32. The van der Waals surface area contributed by atoms with Crippen molar-refractivity contribution in [1.82, 2.24) is 0 Å². The highest BCUT2D eigenvalue weighted by molar-refractivity contribution is 5.94. The van der Waals surface area contributed by atoms with Gasteiger partial charge in [0, 0.05) is 0 Å². The molecule has 0 bridgehead atoms. The smallest absolute Gasteiger partial charge is 0.0527 e. The minimum absolute atomic E-state index is 1.29. The highest BCUT2D eigenvalue weighted by Crippen LogP contribution is 2.53. The quantitative estimate of drug-likeness (QED) is 0.175.